The summed E-state index contributed by atoms with van der Waals surface area (Å²) < 4.78 is 5.23. The highest BCUT2D eigenvalue weighted by atomic mass is 16.7. The van der Waals surface area contributed by atoms with Gasteiger partial charge in [0, 0.05) is 19.4 Å². The third kappa shape index (κ3) is 8.74. The molecule has 1 heterocycles. The molecule has 1 rings (SSSR count). The van der Waals surface area contributed by atoms with Crippen LogP contribution < -0.4 is 0 Å². The summed E-state index contributed by atoms with van der Waals surface area (Å²) in [6.07, 6.45) is 0.480. The van der Waals surface area contributed by atoms with Gasteiger partial charge in [-0.25, -0.2) is 4.79 Å². The van der Waals surface area contributed by atoms with E-state index in [2.05, 4.69) is 25.6 Å². The molecule has 128 valence electrons. The molecule has 0 saturated carbocycles. The number of rotatable bonds is 6. The van der Waals surface area contributed by atoms with Gasteiger partial charge in [-0.1, -0.05) is 20.8 Å². The second-order valence-corrected chi connectivity index (χ2v) is 6.30. The number of aliphatic hydroxyl groups is 1. The lowest BCUT2D eigenvalue weighted by atomic mass is 10.1. The summed E-state index contributed by atoms with van der Waals surface area (Å²) in [4.78, 5) is 38.4. The van der Waals surface area contributed by atoms with Gasteiger partial charge >= 0.3 is 5.97 Å². The van der Waals surface area contributed by atoms with Gasteiger partial charge in [0.25, 0.3) is 11.8 Å². The standard InChI is InChI=1S/C11H17NO6.C4H10/c1-11(2,5-6-13)17-7-10(16)18-12-8(14)3-4-9(12)15;1-4(2)3/h13H,3-7H2,1-2H3;4H,1-3H3. The number of nitrogens with zero attached hydrogens (tertiary/aromatic N) is 1. The maximum atomic E-state index is 11.4. The number of hydrogen-bond acceptors (Lipinski definition) is 6. The Bertz CT molecular complexity index is 373. The number of ether oxygens (including phenoxy) is 1. The van der Waals surface area contributed by atoms with Crippen molar-refractivity contribution in [2.75, 3.05) is 13.2 Å². The van der Waals surface area contributed by atoms with Crippen molar-refractivity contribution in [3.8, 4) is 0 Å². The zero-order valence-electron chi connectivity index (χ0n) is 14.0. The first kappa shape index (κ1) is 20.5. The van der Waals surface area contributed by atoms with E-state index in [1.807, 2.05) is 0 Å². The molecule has 0 spiro atoms. The predicted molar refractivity (Wildman–Crippen MR) is 79.4 cm³/mol. The zero-order valence-corrected chi connectivity index (χ0v) is 14.0. The highest BCUT2D eigenvalue weighted by molar-refractivity contribution is 6.01. The van der Waals surface area contributed by atoms with E-state index >= 15 is 0 Å². The second-order valence-electron chi connectivity index (χ2n) is 6.30. The number of carbonyl (C=O) groups is 3. The van der Waals surface area contributed by atoms with Crippen LogP contribution in [-0.4, -0.2) is 46.8 Å². The molecule has 1 aliphatic heterocycles. The minimum absolute atomic E-state index is 0.0585. The molecule has 1 fully saturated rings. The number of amides is 2. The van der Waals surface area contributed by atoms with Crippen LogP contribution in [0.25, 0.3) is 0 Å². The first-order chi connectivity index (χ1) is 10.1. The number of hydroxylamine groups is 2. The van der Waals surface area contributed by atoms with E-state index < -0.39 is 23.4 Å². The molecular weight excluding hydrogens is 290 g/mol. The van der Waals surface area contributed by atoms with E-state index in [4.69, 9.17) is 9.84 Å². The van der Waals surface area contributed by atoms with E-state index in [0.29, 0.717) is 11.5 Å². The van der Waals surface area contributed by atoms with Crippen molar-refractivity contribution in [2.45, 2.75) is 59.5 Å². The minimum Gasteiger partial charge on any atom is -0.396 e. The van der Waals surface area contributed by atoms with E-state index in [1.165, 1.54) is 0 Å². The summed E-state index contributed by atoms with van der Waals surface area (Å²) in [5.41, 5.74) is -0.674. The molecule has 0 unspecified atom stereocenters. The third-order valence-electron chi connectivity index (χ3n) is 2.49. The number of carbonyl (C=O) groups excluding carboxylic acids is 3. The van der Waals surface area contributed by atoms with Gasteiger partial charge in [-0.05, 0) is 26.2 Å². The van der Waals surface area contributed by atoms with E-state index in [1.54, 1.807) is 13.8 Å². The van der Waals surface area contributed by atoms with E-state index in [9.17, 15) is 14.4 Å². The first-order valence-electron chi connectivity index (χ1n) is 7.40. The van der Waals surface area contributed by atoms with Crippen molar-refractivity contribution in [3.63, 3.8) is 0 Å². The molecule has 1 N–H and O–H groups in total. The van der Waals surface area contributed by atoms with Crippen molar-refractivity contribution in [1.29, 1.82) is 0 Å². The fraction of sp³-hybridized carbons (Fsp3) is 0.800. The van der Waals surface area contributed by atoms with Crippen LogP contribution in [-0.2, 0) is 24.0 Å². The molecule has 0 aromatic heterocycles. The quantitative estimate of drug-likeness (QED) is 0.745. The molecule has 7 nitrogen and oxygen atoms in total. The second kappa shape index (κ2) is 9.53. The Morgan fingerprint density at radius 1 is 1.23 bits per heavy atom. The number of imide groups is 1. The molecule has 0 aliphatic carbocycles. The van der Waals surface area contributed by atoms with Crippen LogP contribution in [0.3, 0.4) is 0 Å². The molecular formula is C15H27NO6. The van der Waals surface area contributed by atoms with Crippen LogP contribution >= 0.6 is 0 Å². The minimum atomic E-state index is -0.815. The van der Waals surface area contributed by atoms with Crippen molar-refractivity contribution in [2.24, 2.45) is 5.92 Å². The van der Waals surface area contributed by atoms with Gasteiger partial charge in [0.2, 0.25) is 0 Å². The Hall–Kier alpha value is -1.47. The summed E-state index contributed by atoms with van der Waals surface area (Å²) in [5.74, 6) is -1.03. The van der Waals surface area contributed by atoms with Crippen LogP contribution in [0.5, 0.6) is 0 Å². The SMILES string of the molecule is CC(C)(CCO)OCC(=O)ON1C(=O)CCC1=O.CC(C)C. The molecule has 0 aromatic carbocycles. The fourth-order valence-corrected chi connectivity index (χ4v) is 1.38. The van der Waals surface area contributed by atoms with E-state index in [0.717, 1.165) is 5.92 Å². The predicted octanol–water partition coefficient (Wildman–Crippen LogP) is 1.43. The molecule has 0 bridgehead atoms. The maximum absolute atomic E-state index is 11.4. The van der Waals surface area contributed by atoms with Crippen molar-refractivity contribution < 1.29 is 29.1 Å². The molecule has 0 aromatic rings. The Balaban J connectivity index is 0.000000980. The van der Waals surface area contributed by atoms with Gasteiger partial charge in [-0.15, -0.1) is 5.06 Å². The van der Waals surface area contributed by atoms with Crippen LogP contribution in [0.2, 0.25) is 0 Å². The average Bonchev–Trinajstić information content (AvgIpc) is 2.68. The van der Waals surface area contributed by atoms with Crippen molar-refractivity contribution in [3.05, 3.63) is 0 Å². The number of hydrogen-bond donors (Lipinski definition) is 1. The Labute approximate surface area is 131 Å². The summed E-state index contributed by atoms with van der Waals surface area (Å²) in [7, 11) is 0. The molecule has 7 heteroatoms. The maximum Gasteiger partial charge on any atom is 0.358 e. The topological polar surface area (TPSA) is 93.1 Å². The largest absolute Gasteiger partial charge is 0.396 e. The van der Waals surface area contributed by atoms with Gasteiger partial charge in [0.05, 0.1) is 5.60 Å². The third-order valence-corrected chi connectivity index (χ3v) is 2.49. The normalized spacial score (nSPS) is 15.0. The van der Waals surface area contributed by atoms with E-state index in [-0.39, 0.29) is 26.1 Å². The molecule has 1 saturated heterocycles. The molecule has 2 amide bonds. The lowest BCUT2D eigenvalue weighted by Gasteiger charge is -2.24. The van der Waals surface area contributed by atoms with Crippen molar-refractivity contribution >= 4 is 17.8 Å². The van der Waals surface area contributed by atoms with Gasteiger partial charge in [-0.2, -0.15) is 0 Å². The monoisotopic (exact) mass is 317 g/mol. The molecule has 0 atom stereocenters. The lowest BCUT2D eigenvalue weighted by molar-refractivity contribution is -0.203. The highest BCUT2D eigenvalue weighted by Crippen LogP contribution is 2.15. The van der Waals surface area contributed by atoms with Gasteiger partial charge < -0.3 is 14.7 Å². The van der Waals surface area contributed by atoms with Gasteiger partial charge in [0.1, 0.15) is 6.61 Å². The highest BCUT2D eigenvalue weighted by Gasteiger charge is 2.33. The van der Waals surface area contributed by atoms with Gasteiger partial charge in [-0.3, -0.25) is 9.59 Å². The molecule has 0 radical (unpaired) electrons. The summed E-state index contributed by atoms with van der Waals surface area (Å²) in [6.45, 7) is 9.47. The Morgan fingerprint density at radius 2 is 1.68 bits per heavy atom. The lowest BCUT2D eigenvalue weighted by Crippen LogP contribution is -2.35. The first-order valence-corrected chi connectivity index (χ1v) is 7.40. The molecule has 1 aliphatic rings. The fourth-order valence-electron chi connectivity index (χ4n) is 1.38. The van der Waals surface area contributed by atoms with Crippen LogP contribution in [0.15, 0.2) is 0 Å². The van der Waals surface area contributed by atoms with Crippen LogP contribution in [0.1, 0.15) is 53.9 Å². The number of aliphatic hydroxyl groups excluding tert-OH is 1. The van der Waals surface area contributed by atoms with Gasteiger partial charge in [0.15, 0.2) is 0 Å². The zero-order chi connectivity index (χ0) is 17.3. The van der Waals surface area contributed by atoms with Crippen LogP contribution in [0, 0.1) is 5.92 Å². The summed E-state index contributed by atoms with van der Waals surface area (Å²) in [5, 5.41) is 9.25. The summed E-state index contributed by atoms with van der Waals surface area (Å²) >= 11 is 0. The average molecular weight is 317 g/mol. The van der Waals surface area contributed by atoms with Crippen LogP contribution in [0.4, 0.5) is 0 Å². The van der Waals surface area contributed by atoms with Crippen molar-refractivity contribution in [1.82, 2.24) is 5.06 Å². The smallest absolute Gasteiger partial charge is 0.358 e. The Morgan fingerprint density at radius 3 is 2.09 bits per heavy atom. The molecule has 22 heavy (non-hydrogen) atoms. The Kier molecular flexibility index (Phi) is 8.89. The summed E-state index contributed by atoms with van der Waals surface area (Å²) in [6, 6.07) is 0.